The minimum Gasteiger partial charge on any atom is -0.390 e. The van der Waals surface area contributed by atoms with E-state index < -0.39 is 6.10 Å². The Morgan fingerprint density at radius 1 is 1.69 bits per heavy atom. The Bertz CT molecular complexity index is 253. The van der Waals surface area contributed by atoms with E-state index in [-0.39, 0.29) is 5.91 Å². The Hall–Kier alpha value is -0.870. The fourth-order valence-corrected chi connectivity index (χ4v) is 1.96. The number of rotatable bonds is 6. The number of amides is 1. The normalized spacial score (nSPS) is 21.1. The average Bonchev–Trinajstić information content (AvgIpc) is 2.70. The Morgan fingerprint density at radius 2 is 2.44 bits per heavy atom. The van der Waals surface area contributed by atoms with Gasteiger partial charge in [0.05, 0.1) is 6.10 Å². The molecule has 0 aliphatic heterocycles. The highest BCUT2D eigenvalue weighted by Crippen LogP contribution is 2.20. The van der Waals surface area contributed by atoms with Crippen LogP contribution in [0.5, 0.6) is 0 Å². The van der Waals surface area contributed by atoms with E-state index in [2.05, 4.69) is 17.5 Å². The minimum atomic E-state index is -0.488. The highest BCUT2D eigenvalue weighted by molar-refractivity contribution is 5.76. The van der Waals surface area contributed by atoms with Gasteiger partial charge in [0.1, 0.15) is 0 Å². The third kappa shape index (κ3) is 4.33. The molecule has 0 radical (unpaired) electrons. The molecular formula is C12H22N2O2. The van der Waals surface area contributed by atoms with E-state index in [0.29, 0.717) is 25.4 Å². The number of nitrogens with one attached hydrogen (secondary N) is 1. The van der Waals surface area contributed by atoms with Crippen molar-refractivity contribution < 1.29 is 9.90 Å². The van der Waals surface area contributed by atoms with Crippen LogP contribution in [0, 0.1) is 5.92 Å². The van der Waals surface area contributed by atoms with Crippen LogP contribution in [0.3, 0.4) is 0 Å². The van der Waals surface area contributed by atoms with E-state index in [9.17, 15) is 9.90 Å². The second-order valence-electron chi connectivity index (χ2n) is 4.46. The second-order valence-corrected chi connectivity index (χ2v) is 4.46. The van der Waals surface area contributed by atoms with Gasteiger partial charge in [-0.05, 0) is 25.8 Å². The fraction of sp³-hybridized carbons (Fsp3) is 0.750. The molecule has 0 saturated heterocycles. The third-order valence-corrected chi connectivity index (χ3v) is 2.90. The first-order chi connectivity index (χ1) is 7.63. The Balaban J connectivity index is 2.26. The lowest BCUT2D eigenvalue weighted by atomic mass is 10.0. The number of allylic oxidation sites excluding steroid dienone is 2. The zero-order chi connectivity index (χ0) is 12.0. The fourth-order valence-electron chi connectivity index (χ4n) is 1.96. The molecular weight excluding hydrogens is 204 g/mol. The summed E-state index contributed by atoms with van der Waals surface area (Å²) in [6.07, 6.45) is 6.50. The molecule has 1 aliphatic rings. The van der Waals surface area contributed by atoms with Crippen molar-refractivity contribution in [2.75, 3.05) is 27.2 Å². The average molecular weight is 226 g/mol. The van der Waals surface area contributed by atoms with E-state index in [1.807, 2.05) is 0 Å². The number of carbonyl (C=O) groups is 1. The minimum absolute atomic E-state index is 0.117. The Kier molecular flexibility index (Phi) is 5.49. The lowest BCUT2D eigenvalue weighted by Crippen LogP contribution is -2.38. The molecule has 0 saturated carbocycles. The van der Waals surface area contributed by atoms with Crippen molar-refractivity contribution in [3.05, 3.63) is 12.2 Å². The summed E-state index contributed by atoms with van der Waals surface area (Å²) >= 11 is 0. The van der Waals surface area contributed by atoms with Crippen LogP contribution in [0.15, 0.2) is 12.2 Å². The van der Waals surface area contributed by atoms with Gasteiger partial charge in [0.15, 0.2) is 0 Å². The molecule has 92 valence electrons. The SMILES string of the molecule is CNCC(O)CN(C)C(=O)CC1C=CCC1. The number of hydrogen-bond donors (Lipinski definition) is 2. The molecule has 0 aromatic carbocycles. The molecule has 4 heteroatoms. The van der Waals surface area contributed by atoms with Crippen molar-refractivity contribution in [3.63, 3.8) is 0 Å². The van der Waals surface area contributed by atoms with Gasteiger partial charge in [0.25, 0.3) is 0 Å². The van der Waals surface area contributed by atoms with Crippen LogP contribution in [0.4, 0.5) is 0 Å². The van der Waals surface area contributed by atoms with Gasteiger partial charge in [-0.15, -0.1) is 0 Å². The summed E-state index contributed by atoms with van der Waals surface area (Å²) in [6.45, 7) is 0.914. The highest BCUT2D eigenvalue weighted by atomic mass is 16.3. The quantitative estimate of drug-likeness (QED) is 0.644. The monoisotopic (exact) mass is 226 g/mol. The van der Waals surface area contributed by atoms with Gasteiger partial charge < -0.3 is 15.3 Å². The molecule has 0 aromatic rings. The summed E-state index contributed by atoms with van der Waals surface area (Å²) in [6, 6.07) is 0. The molecule has 2 atom stereocenters. The lowest BCUT2D eigenvalue weighted by Gasteiger charge is -2.21. The number of likely N-dealkylation sites (N-methyl/N-ethyl adjacent to an activating group) is 2. The van der Waals surface area contributed by atoms with E-state index in [4.69, 9.17) is 0 Å². The van der Waals surface area contributed by atoms with Gasteiger partial charge in [-0.2, -0.15) is 0 Å². The van der Waals surface area contributed by atoms with Crippen molar-refractivity contribution in [2.24, 2.45) is 5.92 Å². The summed E-state index contributed by atoms with van der Waals surface area (Å²) in [5.74, 6) is 0.517. The van der Waals surface area contributed by atoms with E-state index >= 15 is 0 Å². The summed E-state index contributed by atoms with van der Waals surface area (Å²) in [5.41, 5.74) is 0. The van der Waals surface area contributed by atoms with Crippen molar-refractivity contribution in [1.29, 1.82) is 0 Å². The van der Waals surface area contributed by atoms with Gasteiger partial charge in [-0.3, -0.25) is 4.79 Å². The number of nitrogens with zero attached hydrogens (tertiary/aromatic N) is 1. The van der Waals surface area contributed by atoms with Crippen LogP contribution in [0.1, 0.15) is 19.3 Å². The number of aliphatic hydroxyl groups is 1. The van der Waals surface area contributed by atoms with Gasteiger partial charge in [-0.1, -0.05) is 12.2 Å². The molecule has 0 heterocycles. The molecule has 0 aromatic heterocycles. The molecule has 2 unspecified atom stereocenters. The first-order valence-corrected chi connectivity index (χ1v) is 5.86. The maximum atomic E-state index is 11.8. The predicted molar refractivity (Wildman–Crippen MR) is 64.1 cm³/mol. The summed E-state index contributed by atoms with van der Waals surface area (Å²) in [4.78, 5) is 13.4. The molecule has 16 heavy (non-hydrogen) atoms. The van der Waals surface area contributed by atoms with Gasteiger partial charge in [0.2, 0.25) is 5.91 Å². The number of carbonyl (C=O) groups excluding carboxylic acids is 1. The molecule has 0 bridgehead atoms. The van der Waals surface area contributed by atoms with Crippen molar-refractivity contribution >= 4 is 5.91 Å². The summed E-state index contributed by atoms with van der Waals surface area (Å²) in [5, 5.41) is 12.4. The number of aliphatic hydroxyl groups excluding tert-OH is 1. The largest absolute Gasteiger partial charge is 0.390 e. The molecule has 0 spiro atoms. The number of hydrogen-bond acceptors (Lipinski definition) is 3. The highest BCUT2D eigenvalue weighted by Gasteiger charge is 2.18. The first-order valence-electron chi connectivity index (χ1n) is 5.86. The summed E-state index contributed by atoms with van der Waals surface area (Å²) in [7, 11) is 3.54. The zero-order valence-corrected chi connectivity index (χ0v) is 10.1. The zero-order valence-electron chi connectivity index (χ0n) is 10.1. The van der Waals surface area contributed by atoms with Gasteiger partial charge >= 0.3 is 0 Å². The molecule has 4 nitrogen and oxygen atoms in total. The van der Waals surface area contributed by atoms with Crippen LogP contribution in [-0.4, -0.2) is 49.2 Å². The van der Waals surface area contributed by atoms with Crippen LogP contribution in [0.2, 0.25) is 0 Å². The van der Waals surface area contributed by atoms with E-state index in [1.54, 1.807) is 19.0 Å². The van der Waals surface area contributed by atoms with Crippen molar-refractivity contribution in [1.82, 2.24) is 10.2 Å². The smallest absolute Gasteiger partial charge is 0.222 e. The first kappa shape index (κ1) is 13.2. The van der Waals surface area contributed by atoms with Crippen LogP contribution < -0.4 is 5.32 Å². The maximum absolute atomic E-state index is 11.8. The van der Waals surface area contributed by atoms with Crippen LogP contribution in [0.25, 0.3) is 0 Å². The molecule has 1 amide bonds. The van der Waals surface area contributed by atoms with Crippen LogP contribution >= 0.6 is 0 Å². The Labute approximate surface area is 97.3 Å². The van der Waals surface area contributed by atoms with E-state index in [1.165, 1.54) is 0 Å². The standard InChI is InChI=1S/C12H22N2O2/c1-13-8-11(15)9-14(2)12(16)7-10-5-3-4-6-10/h3,5,10-11,13,15H,4,6-9H2,1-2H3. The topological polar surface area (TPSA) is 52.6 Å². The third-order valence-electron chi connectivity index (χ3n) is 2.90. The molecule has 1 rings (SSSR count). The van der Waals surface area contributed by atoms with Crippen molar-refractivity contribution in [2.45, 2.75) is 25.4 Å². The second kappa shape index (κ2) is 6.66. The van der Waals surface area contributed by atoms with Crippen LogP contribution in [-0.2, 0) is 4.79 Å². The molecule has 0 fully saturated rings. The molecule has 2 N–H and O–H groups in total. The van der Waals surface area contributed by atoms with Gasteiger partial charge in [-0.25, -0.2) is 0 Å². The van der Waals surface area contributed by atoms with E-state index in [0.717, 1.165) is 12.8 Å². The lowest BCUT2D eigenvalue weighted by molar-refractivity contribution is -0.131. The van der Waals surface area contributed by atoms with Crippen molar-refractivity contribution in [3.8, 4) is 0 Å². The van der Waals surface area contributed by atoms with Gasteiger partial charge in [0, 0.05) is 26.6 Å². The summed E-state index contributed by atoms with van der Waals surface area (Å²) < 4.78 is 0. The predicted octanol–water partition coefficient (Wildman–Crippen LogP) is 0.381. The molecule has 1 aliphatic carbocycles. The maximum Gasteiger partial charge on any atom is 0.222 e. The Morgan fingerprint density at radius 3 is 3.00 bits per heavy atom.